The number of nitrogens with zero attached hydrogens (tertiary/aromatic N) is 1. The van der Waals surface area contributed by atoms with Crippen LogP contribution in [0.5, 0.6) is 11.5 Å². The predicted octanol–water partition coefficient (Wildman–Crippen LogP) is 4.21. The SMILES string of the molecule is COc1cc(CBr)c([N+](=O)[O-])cc1OC1CCCCC1. The Morgan fingerprint density at radius 1 is 1.30 bits per heavy atom. The van der Waals surface area contributed by atoms with Gasteiger partial charge in [-0.25, -0.2) is 0 Å². The number of alkyl halides is 1. The van der Waals surface area contributed by atoms with Crippen molar-refractivity contribution in [1.82, 2.24) is 0 Å². The van der Waals surface area contributed by atoms with Gasteiger partial charge < -0.3 is 9.47 Å². The number of nitro benzene ring substituents is 1. The van der Waals surface area contributed by atoms with Crippen LogP contribution in [0.3, 0.4) is 0 Å². The van der Waals surface area contributed by atoms with Crippen molar-refractivity contribution in [3.8, 4) is 11.5 Å². The lowest BCUT2D eigenvalue weighted by Gasteiger charge is -2.24. The highest BCUT2D eigenvalue weighted by molar-refractivity contribution is 9.08. The highest BCUT2D eigenvalue weighted by atomic mass is 79.9. The number of methoxy groups -OCH3 is 1. The smallest absolute Gasteiger partial charge is 0.277 e. The Kier molecular flexibility index (Phi) is 5.23. The lowest BCUT2D eigenvalue weighted by atomic mass is 9.98. The Morgan fingerprint density at radius 3 is 2.55 bits per heavy atom. The van der Waals surface area contributed by atoms with Crippen LogP contribution in [-0.2, 0) is 5.33 Å². The van der Waals surface area contributed by atoms with E-state index < -0.39 is 0 Å². The van der Waals surface area contributed by atoms with E-state index in [1.807, 2.05) is 0 Å². The van der Waals surface area contributed by atoms with E-state index in [1.165, 1.54) is 12.5 Å². The Morgan fingerprint density at radius 2 is 2.00 bits per heavy atom. The number of hydrogen-bond acceptors (Lipinski definition) is 4. The molecule has 1 fully saturated rings. The van der Waals surface area contributed by atoms with Crippen LogP contribution in [0, 0.1) is 10.1 Å². The molecule has 0 aliphatic heterocycles. The Balaban J connectivity index is 2.29. The first-order valence-corrected chi connectivity index (χ1v) is 7.85. The average molecular weight is 344 g/mol. The molecule has 0 atom stereocenters. The second-order valence-corrected chi connectivity index (χ2v) is 5.46. The fourth-order valence-electron chi connectivity index (χ4n) is 2.48. The maximum Gasteiger partial charge on any atom is 0.277 e. The molecule has 0 unspecified atom stereocenters. The van der Waals surface area contributed by atoms with E-state index in [2.05, 4.69) is 15.9 Å². The van der Waals surface area contributed by atoms with Crippen molar-refractivity contribution in [1.29, 1.82) is 0 Å². The minimum Gasteiger partial charge on any atom is -0.493 e. The zero-order valence-electron chi connectivity index (χ0n) is 11.4. The molecule has 0 heterocycles. The minimum atomic E-state index is -0.385. The molecule has 5 nitrogen and oxygen atoms in total. The van der Waals surface area contributed by atoms with E-state index in [9.17, 15) is 10.1 Å². The van der Waals surface area contributed by atoms with E-state index in [4.69, 9.17) is 9.47 Å². The second-order valence-electron chi connectivity index (χ2n) is 4.90. The molecule has 0 aromatic heterocycles. The van der Waals surface area contributed by atoms with Crippen LogP contribution in [0.4, 0.5) is 5.69 Å². The van der Waals surface area contributed by atoms with Crippen molar-refractivity contribution in [3.63, 3.8) is 0 Å². The molecule has 1 aromatic rings. The monoisotopic (exact) mass is 343 g/mol. The zero-order valence-corrected chi connectivity index (χ0v) is 13.0. The summed E-state index contributed by atoms with van der Waals surface area (Å²) in [6.45, 7) is 0. The molecule has 6 heteroatoms. The van der Waals surface area contributed by atoms with E-state index >= 15 is 0 Å². The van der Waals surface area contributed by atoms with Crippen molar-refractivity contribution in [2.45, 2.75) is 43.5 Å². The van der Waals surface area contributed by atoms with Gasteiger partial charge in [0.15, 0.2) is 11.5 Å². The molecule has 0 amide bonds. The molecule has 0 radical (unpaired) electrons. The van der Waals surface area contributed by atoms with Gasteiger partial charge in [-0.3, -0.25) is 10.1 Å². The molecule has 110 valence electrons. The lowest BCUT2D eigenvalue weighted by molar-refractivity contribution is -0.385. The minimum absolute atomic E-state index is 0.0634. The van der Waals surface area contributed by atoms with Gasteiger partial charge in [-0.05, 0) is 31.7 Å². The highest BCUT2D eigenvalue weighted by Gasteiger charge is 2.22. The standard InChI is InChI=1S/C14H18BrNO4/c1-19-13-7-10(9-15)12(16(17)18)8-14(13)20-11-5-3-2-4-6-11/h7-8,11H,2-6,9H2,1H3. The summed E-state index contributed by atoms with van der Waals surface area (Å²) in [5.41, 5.74) is 0.649. The van der Waals surface area contributed by atoms with Crippen LogP contribution >= 0.6 is 15.9 Å². The van der Waals surface area contributed by atoms with Gasteiger partial charge in [-0.1, -0.05) is 22.4 Å². The van der Waals surface area contributed by atoms with Crippen LogP contribution in [0.1, 0.15) is 37.7 Å². The van der Waals surface area contributed by atoms with E-state index in [0.29, 0.717) is 22.4 Å². The molecule has 1 saturated carbocycles. The maximum absolute atomic E-state index is 11.1. The number of benzene rings is 1. The summed E-state index contributed by atoms with van der Waals surface area (Å²) in [5, 5.41) is 11.5. The van der Waals surface area contributed by atoms with Crippen LogP contribution < -0.4 is 9.47 Å². The third-order valence-corrected chi connectivity index (χ3v) is 4.16. The van der Waals surface area contributed by atoms with Crippen molar-refractivity contribution in [2.24, 2.45) is 0 Å². The second kappa shape index (κ2) is 6.92. The summed E-state index contributed by atoms with van der Waals surface area (Å²) < 4.78 is 11.2. The molecule has 0 N–H and O–H groups in total. The lowest BCUT2D eigenvalue weighted by Crippen LogP contribution is -2.20. The van der Waals surface area contributed by atoms with Crippen molar-refractivity contribution >= 4 is 21.6 Å². The number of halogens is 1. The molecule has 0 saturated heterocycles. The maximum atomic E-state index is 11.1. The first-order valence-electron chi connectivity index (χ1n) is 6.73. The number of hydrogen-bond donors (Lipinski definition) is 0. The third kappa shape index (κ3) is 3.42. The van der Waals surface area contributed by atoms with Crippen molar-refractivity contribution < 1.29 is 14.4 Å². The van der Waals surface area contributed by atoms with Gasteiger partial charge in [0.25, 0.3) is 5.69 Å². The zero-order chi connectivity index (χ0) is 14.5. The first kappa shape index (κ1) is 15.1. The topological polar surface area (TPSA) is 61.6 Å². The van der Waals surface area contributed by atoms with E-state index in [1.54, 1.807) is 13.2 Å². The van der Waals surface area contributed by atoms with Gasteiger partial charge in [0, 0.05) is 10.9 Å². The summed E-state index contributed by atoms with van der Waals surface area (Å²) in [6.07, 6.45) is 5.66. The van der Waals surface area contributed by atoms with Crippen LogP contribution in [0.15, 0.2) is 12.1 Å². The molecule has 0 spiro atoms. The normalized spacial score (nSPS) is 15.9. The quantitative estimate of drug-likeness (QED) is 0.456. The van der Waals surface area contributed by atoms with E-state index in [0.717, 1.165) is 25.7 Å². The predicted molar refractivity (Wildman–Crippen MR) is 79.8 cm³/mol. The van der Waals surface area contributed by atoms with Gasteiger partial charge in [-0.2, -0.15) is 0 Å². The van der Waals surface area contributed by atoms with Crippen LogP contribution in [0.2, 0.25) is 0 Å². The van der Waals surface area contributed by atoms with Crippen LogP contribution in [-0.4, -0.2) is 18.1 Å². The molecular weight excluding hydrogens is 326 g/mol. The largest absolute Gasteiger partial charge is 0.493 e. The van der Waals surface area contributed by atoms with Crippen LogP contribution in [0.25, 0.3) is 0 Å². The highest BCUT2D eigenvalue weighted by Crippen LogP contribution is 2.37. The van der Waals surface area contributed by atoms with Gasteiger partial charge >= 0.3 is 0 Å². The molecule has 1 aliphatic rings. The summed E-state index contributed by atoms with van der Waals surface area (Å²) in [5.74, 6) is 1.02. The molecule has 1 aromatic carbocycles. The van der Waals surface area contributed by atoms with Gasteiger partial charge in [0.05, 0.1) is 24.2 Å². The Bertz CT molecular complexity index is 486. The van der Waals surface area contributed by atoms with Gasteiger partial charge in [0.1, 0.15) is 0 Å². The number of ether oxygens (including phenoxy) is 2. The molecule has 20 heavy (non-hydrogen) atoms. The Labute approximate surface area is 126 Å². The molecule has 0 bridgehead atoms. The molecule has 1 aliphatic carbocycles. The summed E-state index contributed by atoms with van der Waals surface area (Å²) in [6, 6.07) is 3.15. The summed E-state index contributed by atoms with van der Waals surface area (Å²) in [4.78, 5) is 10.7. The van der Waals surface area contributed by atoms with E-state index in [-0.39, 0.29) is 16.7 Å². The molecule has 2 rings (SSSR count). The molecular formula is C14H18BrNO4. The average Bonchev–Trinajstić information content (AvgIpc) is 2.47. The fourth-order valence-corrected chi connectivity index (χ4v) is 2.93. The Hall–Kier alpha value is -1.30. The van der Waals surface area contributed by atoms with Crippen molar-refractivity contribution in [3.05, 3.63) is 27.8 Å². The summed E-state index contributed by atoms with van der Waals surface area (Å²) >= 11 is 3.26. The van der Waals surface area contributed by atoms with Gasteiger partial charge in [0.2, 0.25) is 0 Å². The first-order chi connectivity index (χ1) is 9.65. The van der Waals surface area contributed by atoms with Crippen molar-refractivity contribution in [2.75, 3.05) is 7.11 Å². The summed E-state index contributed by atoms with van der Waals surface area (Å²) in [7, 11) is 1.55. The fraction of sp³-hybridized carbons (Fsp3) is 0.571. The van der Waals surface area contributed by atoms with Gasteiger partial charge in [-0.15, -0.1) is 0 Å². The number of rotatable bonds is 5. The third-order valence-electron chi connectivity index (χ3n) is 3.55. The number of nitro groups is 1.